The highest BCUT2D eigenvalue weighted by Crippen LogP contribution is 2.36. The summed E-state index contributed by atoms with van der Waals surface area (Å²) in [5, 5.41) is 20.0. The van der Waals surface area contributed by atoms with Crippen LogP contribution in [-0.2, 0) is 4.79 Å². The first-order valence-electron chi connectivity index (χ1n) is 6.23. The summed E-state index contributed by atoms with van der Waals surface area (Å²) in [5.41, 5.74) is 0.348. The SMILES string of the molecule is CC(C(=O)O)c1cc([N+](=O)[O-])ccc1Sc1ccccc1. The maximum atomic E-state index is 11.2. The van der Waals surface area contributed by atoms with E-state index < -0.39 is 16.8 Å². The maximum absolute atomic E-state index is 11.2. The third-order valence-electron chi connectivity index (χ3n) is 3.01. The first-order chi connectivity index (χ1) is 9.99. The average Bonchev–Trinajstić information content (AvgIpc) is 2.47. The van der Waals surface area contributed by atoms with Gasteiger partial charge in [-0.3, -0.25) is 14.9 Å². The minimum Gasteiger partial charge on any atom is -0.481 e. The standard InChI is InChI=1S/C15H13NO4S/c1-10(15(17)18)13-9-11(16(19)20)7-8-14(13)21-12-5-3-2-4-6-12/h2-10H,1H3,(H,17,18). The van der Waals surface area contributed by atoms with E-state index in [1.165, 1.54) is 30.8 Å². The second-order valence-corrected chi connectivity index (χ2v) is 5.57. The molecule has 0 fully saturated rings. The Bertz CT molecular complexity index is 673. The van der Waals surface area contributed by atoms with Crippen LogP contribution in [0.1, 0.15) is 18.4 Å². The molecule has 108 valence electrons. The Hall–Kier alpha value is -2.34. The lowest BCUT2D eigenvalue weighted by Crippen LogP contribution is -2.09. The van der Waals surface area contributed by atoms with Crippen molar-refractivity contribution in [2.75, 3.05) is 0 Å². The predicted octanol–water partition coefficient (Wildman–Crippen LogP) is 3.93. The molecule has 1 atom stereocenters. The van der Waals surface area contributed by atoms with Crippen LogP contribution >= 0.6 is 11.8 Å². The van der Waals surface area contributed by atoms with Crippen LogP contribution in [0.5, 0.6) is 0 Å². The lowest BCUT2D eigenvalue weighted by atomic mass is 10.0. The molecule has 0 aliphatic carbocycles. The molecule has 21 heavy (non-hydrogen) atoms. The summed E-state index contributed by atoms with van der Waals surface area (Å²) >= 11 is 1.39. The number of rotatable bonds is 5. The van der Waals surface area contributed by atoms with Gasteiger partial charge in [0.05, 0.1) is 10.8 Å². The lowest BCUT2D eigenvalue weighted by molar-refractivity contribution is -0.385. The molecular formula is C15H13NO4S. The van der Waals surface area contributed by atoms with Gasteiger partial charge in [-0.25, -0.2) is 0 Å². The van der Waals surface area contributed by atoms with Gasteiger partial charge in [0.2, 0.25) is 0 Å². The predicted molar refractivity (Wildman–Crippen MR) is 79.7 cm³/mol. The fourth-order valence-corrected chi connectivity index (χ4v) is 2.87. The van der Waals surface area contributed by atoms with Gasteiger partial charge in [0.15, 0.2) is 0 Å². The molecular weight excluding hydrogens is 290 g/mol. The van der Waals surface area contributed by atoms with Crippen molar-refractivity contribution in [2.24, 2.45) is 0 Å². The fourth-order valence-electron chi connectivity index (χ4n) is 1.83. The summed E-state index contributed by atoms with van der Waals surface area (Å²) < 4.78 is 0. The van der Waals surface area contributed by atoms with Crippen molar-refractivity contribution in [3.05, 3.63) is 64.2 Å². The van der Waals surface area contributed by atoms with Crippen molar-refractivity contribution in [2.45, 2.75) is 22.6 Å². The minimum atomic E-state index is -1.01. The molecule has 0 aromatic heterocycles. The second kappa shape index (κ2) is 6.41. The van der Waals surface area contributed by atoms with Crippen LogP contribution in [0.3, 0.4) is 0 Å². The molecule has 0 bridgehead atoms. The van der Waals surface area contributed by atoms with Gasteiger partial charge in [0.25, 0.3) is 5.69 Å². The number of nitrogens with zero attached hydrogens (tertiary/aromatic N) is 1. The van der Waals surface area contributed by atoms with E-state index >= 15 is 0 Å². The molecule has 6 heteroatoms. The van der Waals surface area contributed by atoms with E-state index in [1.54, 1.807) is 6.07 Å². The number of nitro groups is 1. The van der Waals surface area contributed by atoms with E-state index in [1.807, 2.05) is 30.3 Å². The Morgan fingerprint density at radius 2 is 1.90 bits per heavy atom. The average molecular weight is 303 g/mol. The summed E-state index contributed by atoms with van der Waals surface area (Å²) in [7, 11) is 0. The fraction of sp³-hybridized carbons (Fsp3) is 0.133. The molecule has 0 aliphatic heterocycles. The number of aliphatic carboxylic acids is 1. The zero-order valence-electron chi connectivity index (χ0n) is 11.2. The first-order valence-corrected chi connectivity index (χ1v) is 7.04. The Labute approximate surface area is 125 Å². The number of benzene rings is 2. The third kappa shape index (κ3) is 3.61. The van der Waals surface area contributed by atoms with Gasteiger partial charge in [-0.15, -0.1) is 0 Å². The van der Waals surface area contributed by atoms with E-state index in [0.717, 1.165) is 4.90 Å². The molecule has 0 saturated carbocycles. The number of hydrogen-bond donors (Lipinski definition) is 1. The van der Waals surface area contributed by atoms with Gasteiger partial charge in [0.1, 0.15) is 0 Å². The Balaban J connectivity index is 2.44. The van der Waals surface area contributed by atoms with Crippen molar-refractivity contribution < 1.29 is 14.8 Å². The Morgan fingerprint density at radius 1 is 1.24 bits per heavy atom. The molecule has 5 nitrogen and oxygen atoms in total. The van der Waals surface area contributed by atoms with Crippen molar-refractivity contribution in [1.29, 1.82) is 0 Å². The van der Waals surface area contributed by atoms with Crippen LogP contribution in [0.4, 0.5) is 5.69 Å². The van der Waals surface area contributed by atoms with Crippen molar-refractivity contribution in [1.82, 2.24) is 0 Å². The summed E-state index contributed by atoms with van der Waals surface area (Å²) in [5.74, 6) is -1.82. The van der Waals surface area contributed by atoms with Crippen molar-refractivity contribution in [3.8, 4) is 0 Å². The van der Waals surface area contributed by atoms with Crippen LogP contribution in [0, 0.1) is 10.1 Å². The number of carboxylic acid groups (broad SMARTS) is 1. The highest BCUT2D eigenvalue weighted by molar-refractivity contribution is 7.99. The number of non-ortho nitro benzene ring substituents is 1. The van der Waals surface area contributed by atoms with Gasteiger partial charge in [0, 0.05) is 21.9 Å². The molecule has 1 unspecified atom stereocenters. The van der Waals surface area contributed by atoms with E-state index in [9.17, 15) is 20.0 Å². The molecule has 0 heterocycles. The zero-order chi connectivity index (χ0) is 15.4. The van der Waals surface area contributed by atoms with E-state index in [0.29, 0.717) is 10.5 Å². The summed E-state index contributed by atoms with van der Waals surface area (Å²) in [4.78, 5) is 23.2. The van der Waals surface area contributed by atoms with Gasteiger partial charge in [-0.05, 0) is 30.7 Å². The van der Waals surface area contributed by atoms with Crippen LogP contribution in [0.25, 0.3) is 0 Å². The van der Waals surface area contributed by atoms with E-state index in [4.69, 9.17) is 0 Å². The largest absolute Gasteiger partial charge is 0.481 e. The Kier molecular flexibility index (Phi) is 4.59. The molecule has 0 aliphatic rings. The van der Waals surface area contributed by atoms with Gasteiger partial charge in [-0.1, -0.05) is 30.0 Å². The molecule has 2 rings (SSSR count). The van der Waals surface area contributed by atoms with Gasteiger partial charge < -0.3 is 5.11 Å². The van der Waals surface area contributed by atoms with Crippen molar-refractivity contribution in [3.63, 3.8) is 0 Å². The third-order valence-corrected chi connectivity index (χ3v) is 4.11. The molecule has 1 N–H and O–H groups in total. The monoisotopic (exact) mass is 303 g/mol. The smallest absolute Gasteiger partial charge is 0.310 e. The van der Waals surface area contributed by atoms with Crippen molar-refractivity contribution >= 4 is 23.4 Å². The van der Waals surface area contributed by atoms with Crippen LogP contribution in [0.15, 0.2) is 58.3 Å². The summed E-state index contributed by atoms with van der Waals surface area (Å²) in [6, 6.07) is 13.8. The van der Waals surface area contributed by atoms with E-state index in [2.05, 4.69) is 0 Å². The lowest BCUT2D eigenvalue weighted by Gasteiger charge is -2.12. The molecule has 0 radical (unpaired) electrons. The quantitative estimate of drug-likeness (QED) is 0.668. The molecule has 0 saturated heterocycles. The molecule has 0 amide bonds. The van der Waals surface area contributed by atoms with Gasteiger partial charge in [-0.2, -0.15) is 0 Å². The first kappa shape index (κ1) is 15.1. The summed E-state index contributed by atoms with van der Waals surface area (Å²) in [6.07, 6.45) is 0. The van der Waals surface area contributed by atoms with Crippen LogP contribution in [-0.4, -0.2) is 16.0 Å². The minimum absolute atomic E-state index is 0.101. The highest BCUT2D eigenvalue weighted by atomic mass is 32.2. The van der Waals surface area contributed by atoms with Crippen LogP contribution < -0.4 is 0 Å². The number of hydrogen-bond acceptors (Lipinski definition) is 4. The maximum Gasteiger partial charge on any atom is 0.310 e. The van der Waals surface area contributed by atoms with Crippen LogP contribution in [0.2, 0.25) is 0 Å². The number of nitro benzene ring substituents is 1. The number of carbonyl (C=O) groups is 1. The molecule has 0 spiro atoms. The number of carboxylic acids is 1. The zero-order valence-corrected chi connectivity index (χ0v) is 12.0. The molecule has 2 aromatic carbocycles. The Morgan fingerprint density at radius 3 is 2.48 bits per heavy atom. The molecule has 2 aromatic rings. The van der Waals surface area contributed by atoms with Gasteiger partial charge >= 0.3 is 5.97 Å². The normalized spacial score (nSPS) is 11.9. The highest BCUT2D eigenvalue weighted by Gasteiger charge is 2.21. The second-order valence-electron chi connectivity index (χ2n) is 4.45. The topological polar surface area (TPSA) is 80.4 Å². The summed E-state index contributed by atoms with van der Waals surface area (Å²) in [6.45, 7) is 1.52. The van der Waals surface area contributed by atoms with E-state index in [-0.39, 0.29) is 5.69 Å².